The maximum atomic E-state index is 11.9. The lowest BCUT2D eigenvalue weighted by molar-refractivity contribution is -0.147. The molecular weight excluding hydrogens is 212 g/mol. The van der Waals surface area contributed by atoms with Gasteiger partial charge < -0.3 is 14.9 Å². The van der Waals surface area contributed by atoms with Crippen LogP contribution in [0, 0.1) is 0 Å². The van der Waals surface area contributed by atoms with E-state index in [1.54, 1.807) is 0 Å². The van der Waals surface area contributed by atoms with E-state index in [0.717, 1.165) is 11.3 Å². The van der Waals surface area contributed by atoms with Gasteiger partial charge >= 0.3 is 5.97 Å². The van der Waals surface area contributed by atoms with Gasteiger partial charge in [-0.25, -0.2) is 0 Å². The molecule has 0 aromatic heterocycles. The quantitative estimate of drug-likeness (QED) is 0.709. The van der Waals surface area contributed by atoms with Crippen LogP contribution in [0.3, 0.4) is 0 Å². The molecule has 2 amide bonds. The topological polar surface area (TPSA) is 77.9 Å². The van der Waals surface area contributed by atoms with Gasteiger partial charge in [-0.15, -0.1) is 0 Å². The van der Waals surface area contributed by atoms with Gasteiger partial charge in [-0.05, 0) is 12.8 Å². The molecule has 6 heteroatoms. The van der Waals surface area contributed by atoms with Crippen LogP contribution >= 0.6 is 0 Å². The second-order valence-electron chi connectivity index (χ2n) is 3.96. The summed E-state index contributed by atoms with van der Waals surface area (Å²) in [7, 11) is 1.44. The van der Waals surface area contributed by atoms with Crippen molar-refractivity contribution in [3.05, 3.63) is 0 Å². The number of hydrogen-bond acceptors (Lipinski definition) is 3. The Labute approximate surface area is 93.8 Å². The lowest BCUT2D eigenvalue weighted by atomic mass is 10.2. The number of carbonyl (C=O) groups excluding carboxylic acids is 2. The molecule has 1 rings (SSSR count). The molecule has 1 saturated heterocycles. The van der Waals surface area contributed by atoms with Crippen LogP contribution in [0.4, 0.5) is 0 Å². The van der Waals surface area contributed by atoms with E-state index in [0.29, 0.717) is 13.0 Å². The SMILES string of the molecule is CC(=O)N1CCCC1C(=O)N(C)CC(=O)O. The second-order valence-corrected chi connectivity index (χ2v) is 3.96. The highest BCUT2D eigenvalue weighted by atomic mass is 16.4. The molecule has 1 unspecified atom stereocenters. The van der Waals surface area contributed by atoms with Crippen LogP contribution in [0.5, 0.6) is 0 Å². The van der Waals surface area contributed by atoms with Crippen molar-refractivity contribution in [3.8, 4) is 0 Å². The molecule has 0 aromatic rings. The van der Waals surface area contributed by atoms with Gasteiger partial charge in [0.2, 0.25) is 11.8 Å². The maximum Gasteiger partial charge on any atom is 0.323 e. The average molecular weight is 228 g/mol. The molecule has 1 atom stereocenters. The highest BCUT2D eigenvalue weighted by Gasteiger charge is 2.34. The van der Waals surface area contributed by atoms with Crippen LogP contribution in [0.1, 0.15) is 19.8 Å². The fourth-order valence-corrected chi connectivity index (χ4v) is 1.94. The van der Waals surface area contributed by atoms with Gasteiger partial charge in [0.15, 0.2) is 0 Å². The Hall–Kier alpha value is -1.59. The van der Waals surface area contributed by atoms with Gasteiger partial charge in [-0.1, -0.05) is 0 Å². The molecule has 0 spiro atoms. The minimum Gasteiger partial charge on any atom is -0.480 e. The Kier molecular flexibility index (Phi) is 3.87. The summed E-state index contributed by atoms with van der Waals surface area (Å²) in [6.07, 6.45) is 1.40. The maximum absolute atomic E-state index is 11.9. The van der Waals surface area contributed by atoms with Crippen molar-refractivity contribution < 1.29 is 19.5 Å². The van der Waals surface area contributed by atoms with E-state index >= 15 is 0 Å². The van der Waals surface area contributed by atoms with Crippen molar-refractivity contribution >= 4 is 17.8 Å². The zero-order valence-corrected chi connectivity index (χ0v) is 9.47. The number of nitrogens with zero attached hydrogens (tertiary/aromatic N) is 2. The van der Waals surface area contributed by atoms with E-state index in [1.165, 1.54) is 18.9 Å². The fraction of sp³-hybridized carbons (Fsp3) is 0.700. The van der Waals surface area contributed by atoms with Crippen molar-refractivity contribution in [2.75, 3.05) is 20.1 Å². The first-order valence-electron chi connectivity index (χ1n) is 5.17. The number of carboxylic acid groups (broad SMARTS) is 1. The van der Waals surface area contributed by atoms with Gasteiger partial charge in [0.25, 0.3) is 0 Å². The van der Waals surface area contributed by atoms with Gasteiger partial charge in [0.05, 0.1) is 0 Å². The van der Waals surface area contributed by atoms with Crippen molar-refractivity contribution in [3.63, 3.8) is 0 Å². The zero-order chi connectivity index (χ0) is 12.3. The number of aliphatic carboxylic acids is 1. The lowest BCUT2D eigenvalue weighted by Gasteiger charge is -2.26. The molecule has 0 bridgehead atoms. The van der Waals surface area contributed by atoms with Crippen LogP contribution in [-0.4, -0.2) is 58.9 Å². The molecule has 6 nitrogen and oxygen atoms in total. The van der Waals surface area contributed by atoms with Gasteiger partial charge in [-0.2, -0.15) is 0 Å². The third-order valence-corrected chi connectivity index (χ3v) is 2.69. The van der Waals surface area contributed by atoms with Gasteiger partial charge in [0, 0.05) is 20.5 Å². The average Bonchev–Trinajstić information content (AvgIpc) is 2.63. The van der Waals surface area contributed by atoms with E-state index in [2.05, 4.69) is 0 Å². The van der Waals surface area contributed by atoms with E-state index in [9.17, 15) is 14.4 Å². The Morgan fingerprint density at radius 2 is 2.06 bits per heavy atom. The van der Waals surface area contributed by atoms with Crippen molar-refractivity contribution in [1.82, 2.24) is 9.80 Å². The smallest absolute Gasteiger partial charge is 0.323 e. The van der Waals surface area contributed by atoms with E-state index < -0.39 is 12.0 Å². The van der Waals surface area contributed by atoms with Crippen molar-refractivity contribution in [2.24, 2.45) is 0 Å². The molecule has 0 aliphatic carbocycles. The third kappa shape index (κ3) is 2.71. The minimum atomic E-state index is -1.05. The molecule has 1 fully saturated rings. The molecule has 0 saturated carbocycles. The van der Waals surface area contributed by atoms with Gasteiger partial charge in [0.1, 0.15) is 12.6 Å². The minimum absolute atomic E-state index is 0.139. The summed E-state index contributed by atoms with van der Waals surface area (Å²) in [5.74, 6) is -1.49. The Morgan fingerprint density at radius 1 is 1.44 bits per heavy atom. The highest BCUT2D eigenvalue weighted by molar-refractivity contribution is 5.89. The van der Waals surface area contributed by atoms with Crippen LogP contribution in [0.25, 0.3) is 0 Å². The number of likely N-dealkylation sites (tertiary alicyclic amines) is 1. The first-order chi connectivity index (χ1) is 7.43. The summed E-state index contributed by atoms with van der Waals surface area (Å²) in [6, 6.07) is -0.484. The van der Waals surface area contributed by atoms with Crippen LogP contribution in [0.2, 0.25) is 0 Å². The van der Waals surface area contributed by atoms with Crippen molar-refractivity contribution in [2.45, 2.75) is 25.8 Å². The predicted molar refractivity (Wildman–Crippen MR) is 55.7 cm³/mol. The molecule has 16 heavy (non-hydrogen) atoms. The monoisotopic (exact) mass is 228 g/mol. The first-order valence-corrected chi connectivity index (χ1v) is 5.17. The zero-order valence-electron chi connectivity index (χ0n) is 9.47. The standard InChI is InChI=1S/C10H16N2O4/c1-7(13)12-5-3-4-8(12)10(16)11(2)6-9(14)15/h8H,3-6H2,1-2H3,(H,14,15). The Morgan fingerprint density at radius 3 is 2.56 bits per heavy atom. The third-order valence-electron chi connectivity index (χ3n) is 2.69. The highest BCUT2D eigenvalue weighted by Crippen LogP contribution is 2.18. The first kappa shape index (κ1) is 12.5. The van der Waals surface area contributed by atoms with Crippen LogP contribution < -0.4 is 0 Å². The number of rotatable bonds is 3. The summed E-state index contributed by atoms with van der Waals surface area (Å²) < 4.78 is 0. The van der Waals surface area contributed by atoms with E-state index in [-0.39, 0.29) is 18.4 Å². The molecule has 90 valence electrons. The normalized spacial score (nSPS) is 19.6. The lowest BCUT2D eigenvalue weighted by Crippen LogP contribution is -2.47. The molecule has 0 aromatic carbocycles. The predicted octanol–water partition coefficient (Wildman–Crippen LogP) is -0.460. The molecule has 0 radical (unpaired) electrons. The summed E-state index contributed by atoms with van der Waals surface area (Å²) >= 11 is 0. The molecule has 1 N–H and O–H groups in total. The van der Waals surface area contributed by atoms with E-state index in [1.807, 2.05) is 0 Å². The van der Waals surface area contributed by atoms with Gasteiger partial charge in [-0.3, -0.25) is 14.4 Å². The molecule has 1 heterocycles. The number of carboxylic acids is 1. The largest absolute Gasteiger partial charge is 0.480 e. The Balaban J connectivity index is 2.65. The summed E-state index contributed by atoms with van der Waals surface area (Å²) in [6.45, 7) is 1.66. The summed E-state index contributed by atoms with van der Waals surface area (Å²) in [5, 5.41) is 8.58. The number of carbonyl (C=O) groups is 3. The summed E-state index contributed by atoms with van der Waals surface area (Å²) in [4.78, 5) is 36.2. The number of amides is 2. The van der Waals surface area contributed by atoms with Crippen LogP contribution in [0.15, 0.2) is 0 Å². The number of likely N-dealkylation sites (N-methyl/N-ethyl adjacent to an activating group) is 1. The molecule has 1 aliphatic rings. The van der Waals surface area contributed by atoms with Crippen molar-refractivity contribution in [1.29, 1.82) is 0 Å². The van der Waals surface area contributed by atoms with Crippen LogP contribution in [-0.2, 0) is 14.4 Å². The van der Waals surface area contributed by atoms with E-state index in [4.69, 9.17) is 5.11 Å². The molecule has 1 aliphatic heterocycles. The Bertz CT molecular complexity index is 316. The fourth-order valence-electron chi connectivity index (χ4n) is 1.94. The summed E-state index contributed by atoms with van der Waals surface area (Å²) in [5.41, 5.74) is 0. The second kappa shape index (κ2) is 4.96. The molecular formula is C10H16N2O4. The number of hydrogen-bond donors (Lipinski definition) is 1.